The van der Waals surface area contributed by atoms with Crippen molar-refractivity contribution in [2.24, 2.45) is 0 Å². The van der Waals surface area contributed by atoms with Crippen LogP contribution in [0, 0.1) is 6.92 Å². The smallest absolute Gasteiger partial charge is 0.319 e. The summed E-state index contributed by atoms with van der Waals surface area (Å²) in [7, 11) is 0. The van der Waals surface area contributed by atoms with Crippen molar-refractivity contribution in [3.8, 4) is 0 Å². The van der Waals surface area contributed by atoms with Crippen molar-refractivity contribution in [1.82, 2.24) is 10.2 Å². The molecule has 0 radical (unpaired) electrons. The Labute approximate surface area is 172 Å². The lowest BCUT2D eigenvalue weighted by molar-refractivity contribution is 0.0793. The number of aryl methyl sites for hydroxylation is 1. The molecule has 1 heterocycles. The van der Waals surface area contributed by atoms with Crippen molar-refractivity contribution in [1.29, 1.82) is 0 Å². The third kappa shape index (κ3) is 5.35. The molecule has 0 bridgehead atoms. The van der Waals surface area contributed by atoms with E-state index in [-0.39, 0.29) is 11.9 Å². The minimum absolute atomic E-state index is 0.0245. The van der Waals surface area contributed by atoms with Gasteiger partial charge < -0.3 is 20.3 Å². The summed E-state index contributed by atoms with van der Waals surface area (Å²) in [6.07, 6.45) is 2.06. The summed E-state index contributed by atoms with van der Waals surface area (Å²) in [5.74, 6) is -0.0245. The molecule has 6 heteroatoms. The monoisotopic (exact) mass is 395 g/mol. The van der Waals surface area contributed by atoms with E-state index in [1.807, 2.05) is 55.1 Å². The second kappa shape index (κ2) is 10.1. The van der Waals surface area contributed by atoms with Crippen LogP contribution in [0.4, 0.5) is 10.5 Å². The van der Waals surface area contributed by atoms with Gasteiger partial charge >= 0.3 is 6.03 Å². The quantitative estimate of drug-likeness (QED) is 0.742. The largest absolute Gasteiger partial charge is 0.377 e. The highest BCUT2D eigenvalue weighted by atomic mass is 16.5. The maximum Gasteiger partial charge on any atom is 0.319 e. The normalized spacial score (nSPS) is 13.4. The summed E-state index contributed by atoms with van der Waals surface area (Å²) < 4.78 is 5.50. The van der Waals surface area contributed by atoms with Crippen LogP contribution >= 0.6 is 0 Å². The van der Waals surface area contributed by atoms with Gasteiger partial charge in [0.1, 0.15) is 0 Å². The molecule has 1 fully saturated rings. The Hall–Kier alpha value is -2.86. The summed E-state index contributed by atoms with van der Waals surface area (Å²) in [4.78, 5) is 27.3. The maximum atomic E-state index is 12.9. The lowest BCUT2D eigenvalue weighted by Gasteiger charge is -2.19. The fourth-order valence-electron chi connectivity index (χ4n) is 3.52. The summed E-state index contributed by atoms with van der Waals surface area (Å²) in [5, 5.41) is 5.78. The number of carbonyl (C=O) groups is 2. The summed E-state index contributed by atoms with van der Waals surface area (Å²) in [5.41, 5.74) is 4.04. The topological polar surface area (TPSA) is 70.7 Å². The molecule has 3 rings (SSSR count). The van der Waals surface area contributed by atoms with Crippen LogP contribution in [0.2, 0.25) is 0 Å². The minimum Gasteiger partial charge on any atom is -0.377 e. The van der Waals surface area contributed by atoms with Crippen molar-refractivity contribution in [3.63, 3.8) is 0 Å². The van der Waals surface area contributed by atoms with E-state index in [0.717, 1.165) is 42.6 Å². The molecule has 154 valence electrons. The van der Waals surface area contributed by atoms with Crippen molar-refractivity contribution >= 4 is 17.6 Å². The molecule has 0 unspecified atom stereocenters. The molecule has 3 amide bonds. The first-order chi connectivity index (χ1) is 14.1. The number of hydrogen-bond donors (Lipinski definition) is 2. The lowest BCUT2D eigenvalue weighted by atomic mass is 10.1. The first kappa shape index (κ1) is 20.9. The van der Waals surface area contributed by atoms with Gasteiger partial charge in [-0.3, -0.25) is 4.79 Å². The molecule has 0 aliphatic carbocycles. The number of nitrogens with one attached hydrogen (secondary N) is 2. The number of anilines is 1. The number of para-hydroxylation sites is 1. The first-order valence-corrected chi connectivity index (χ1v) is 10.2. The van der Waals surface area contributed by atoms with Gasteiger partial charge in [0.05, 0.1) is 17.9 Å². The summed E-state index contributed by atoms with van der Waals surface area (Å²) in [6.45, 7) is 6.94. The van der Waals surface area contributed by atoms with Gasteiger partial charge in [0.25, 0.3) is 5.91 Å². The molecule has 2 N–H and O–H groups in total. The van der Waals surface area contributed by atoms with Crippen LogP contribution in [0.3, 0.4) is 0 Å². The van der Waals surface area contributed by atoms with Crippen LogP contribution in [0.15, 0.2) is 42.5 Å². The van der Waals surface area contributed by atoms with Gasteiger partial charge in [-0.1, -0.05) is 36.4 Å². The van der Waals surface area contributed by atoms with Crippen molar-refractivity contribution in [3.05, 3.63) is 64.7 Å². The van der Waals surface area contributed by atoms with E-state index >= 15 is 0 Å². The molecule has 6 nitrogen and oxygen atoms in total. The molecule has 0 atom stereocenters. The van der Waals surface area contributed by atoms with Gasteiger partial charge in [-0.25, -0.2) is 4.79 Å². The van der Waals surface area contributed by atoms with Gasteiger partial charge in [0.2, 0.25) is 0 Å². The molecule has 29 heavy (non-hydrogen) atoms. The molecular weight excluding hydrogens is 366 g/mol. The van der Waals surface area contributed by atoms with E-state index in [2.05, 4.69) is 10.6 Å². The molecule has 0 aromatic heterocycles. The zero-order valence-corrected chi connectivity index (χ0v) is 17.2. The first-order valence-electron chi connectivity index (χ1n) is 10.2. The Morgan fingerprint density at radius 1 is 1.03 bits per heavy atom. The molecule has 0 saturated carbocycles. The number of likely N-dealkylation sites (tertiary alicyclic amines) is 1. The molecule has 2 aromatic rings. The Kier molecular flexibility index (Phi) is 7.25. The van der Waals surface area contributed by atoms with Crippen LogP contribution < -0.4 is 10.6 Å². The van der Waals surface area contributed by atoms with E-state index < -0.39 is 0 Å². The number of ether oxygens (including phenoxy) is 1. The second-order valence-corrected chi connectivity index (χ2v) is 7.21. The molecule has 1 saturated heterocycles. The van der Waals surface area contributed by atoms with Gasteiger partial charge in [-0.15, -0.1) is 0 Å². The molecule has 0 spiro atoms. The van der Waals surface area contributed by atoms with E-state index in [4.69, 9.17) is 4.74 Å². The molecular formula is C23H29N3O3. The van der Waals surface area contributed by atoms with Crippen LogP contribution in [0.1, 0.15) is 46.8 Å². The van der Waals surface area contributed by atoms with Crippen LogP contribution in [-0.4, -0.2) is 36.5 Å². The standard InChI is InChI=1S/C23H29N3O3/c1-3-29-16-19-11-5-4-10-18(19)15-24-23(28)25-21-17(2)9-8-12-20(21)22(27)26-13-6-7-14-26/h4-5,8-12H,3,6-7,13-16H2,1-2H3,(H2,24,25,28). The zero-order chi connectivity index (χ0) is 20.6. The van der Waals surface area contributed by atoms with Crippen LogP contribution in [-0.2, 0) is 17.9 Å². The highest BCUT2D eigenvalue weighted by Crippen LogP contribution is 2.24. The third-order valence-corrected chi connectivity index (χ3v) is 5.15. The van der Waals surface area contributed by atoms with E-state index in [0.29, 0.717) is 31.0 Å². The number of hydrogen-bond acceptors (Lipinski definition) is 3. The number of urea groups is 1. The molecule has 1 aliphatic heterocycles. The predicted octanol–water partition coefficient (Wildman–Crippen LogP) is 4.09. The second-order valence-electron chi connectivity index (χ2n) is 7.21. The van der Waals surface area contributed by atoms with Gasteiger partial charge in [-0.2, -0.15) is 0 Å². The van der Waals surface area contributed by atoms with Crippen molar-refractivity contribution in [2.75, 3.05) is 25.0 Å². The third-order valence-electron chi connectivity index (χ3n) is 5.15. The van der Waals surface area contributed by atoms with Crippen LogP contribution in [0.5, 0.6) is 0 Å². The fourth-order valence-corrected chi connectivity index (χ4v) is 3.52. The minimum atomic E-state index is -0.332. The average molecular weight is 396 g/mol. The van der Waals surface area contributed by atoms with E-state index in [9.17, 15) is 9.59 Å². The van der Waals surface area contributed by atoms with Gasteiger partial charge in [0.15, 0.2) is 0 Å². The van der Waals surface area contributed by atoms with Crippen molar-refractivity contribution in [2.45, 2.75) is 39.8 Å². The summed E-state index contributed by atoms with van der Waals surface area (Å²) >= 11 is 0. The highest BCUT2D eigenvalue weighted by molar-refractivity contribution is 6.04. The Bertz CT molecular complexity index is 860. The zero-order valence-electron chi connectivity index (χ0n) is 17.2. The Morgan fingerprint density at radius 3 is 2.48 bits per heavy atom. The van der Waals surface area contributed by atoms with E-state index in [1.165, 1.54) is 0 Å². The fraction of sp³-hybridized carbons (Fsp3) is 0.391. The summed E-state index contributed by atoms with van der Waals surface area (Å²) in [6, 6.07) is 13.1. The SMILES string of the molecule is CCOCc1ccccc1CNC(=O)Nc1c(C)cccc1C(=O)N1CCCC1. The number of rotatable bonds is 7. The van der Waals surface area contributed by atoms with E-state index in [1.54, 1.807) is 6.07 Å². The van der Waals surface area contributed by atoms with Crippen molar-refractivity contribution < 1.29 is 14.3 Å². The molecule has 2 aromatic carbocycles. The Morgan fingerprint density at radius 2 is 1.76 bits per heavy atom. The lowest BCUT2D eigenvalue weighted by Crippen LogP contribution is -2.32. The number of carbonyl (C=O) groups excluding carboxylic acids is 2. The van der Waals surface area contributed by atoms with Gasteiger partial charge in [0, 0.05) is 26.2 Å². The molecule has 1 aliphatic rings. The highest BCUT2D eigenvalue weighted by Gasteiger charge is 2.23. The number of benzene rings is 2. The van der Waals surface area contributed by atoms with Crippen LogP contribution in [0.25, 0.3) is 0 Å². The number of amides is 3. The number of nitrogens with zero attached hydrogens (tertiary/aromatic N) is 1. The Balaban J connectivity index is 1.68. The maximum absolute atomic E-state index is 12.9. The average Bonchev–Trinajstić information content (AvgIpc) is 3.27. The predicted molar refractivity (Wildman–Crippen MR) is 114 cm³/mol. The van der Waals surface area contributed by atoms with Gasteiger partial charge in [-0.05, 0) is 49.4 Å².